The first-order valence-corrected chi connectivity index (χ1v) is 12.3. The molecule has 0 aliphatic carbocycles. The number of anilines is 1. The van der Waals surface area contributed by atoms with E-state index in [0.29, 0.717) is 44.8 Å². The number of halogens is 1. The molecule has 5 rings (SSSR count). The van der Waals surface area contributed by atoms with Gasteiger partial charge in [0.2, 0.25) is 5.91 Å². The van der Waals surface area contributed by atoms with Crippen molar-refractivity contribution in [2.75, 3.05) is 18.0 Å². The lowest BCUT2D eigenvalue weighted by molar-refractivity contribution is -0.125. The minimum absolute atomic E-state index is 0.0397. The van der Waals surface area contributed by atoms with Crippen molar-refractivity contribution < 1.29 is 9.18 Å². The number of hydrogen-bond donors (Lipinski definition) is 1. The van der Waals surface area contributed by atoms with E-state index < -0.39 is 0 Å². The summed E-state index contributed by atoms with van der Waals surface area (Å²) < 4.78 is 15.2. The summed E-state index contributed by atoms with van der Waals surface area (Å²) in [6, 6.07) is 22.1. The Balaban J connectivity index is 1.31. The highest BCUT2D eigenvalue weighted by molar-refractivity contribution is 5.79. The fourth-order valence-electron chi connectivity index (χ4n) is 4.75. The van der Waals surface area contributed by atoms with E-state index in [-0.39, 0.29) is 23.2 Å². The van der Waals surface area contributed by atoms with Crippen LogP contribution in [-0.2, 0) is 17.9 Å². The van der Waals surface area contributed by atoms with Crippen LogP contribution in [0.2, 0.25) is 0 Å². The van der Waals surface area contributed by atoms with Gasteiger partial charge in [0.1, 0.15) is 5.82 Å². The molecule has 0 bridgehead atoms. The SMILES string of the molecule is Cc1ccc(Cn2c(=O)c(N3CCC(C(=O)NCc4cccc(F)c4)CC3)nc3ccccc32)cc1. The number of rotatable bonds is 6. The second-order valence-corrected chi connectivity index (χ2v) is 9.41. The molecule has 4 aromatic rings. The van der Waals surface area contributed by atoms with Gasteiger partial charge in [-0.15, -0.1) is 0 Å². The van der Waals surface area contributed by atoms with E-state index in [1.165, 1.54) is 17.7 Å². The Kier molecular flexibility index (Phi) is 6.80. The molecular formula is C29H29FN4O2. The number of carbonyl (C=O) groups excluding carboxylic acids is 1. The Hall–Kier alpha value is -4.00. The average molecular weight is 485 g/mol. The highest BCUT2D eigenvalue weighted by atomic mass is 19.1. The zero-order chi connectivity index (χ0) is 25.1. The number of nitrogens with zero attached hydrogens (tertiary/aromatic N) is 3. The third-order valence-corrected chi connectivity index (χ3v) is 6.82. The maximum Gasteiger partial charge on any atom is 0.294 e. The van der Waals surface area contributed by atoms with Crippen molar-refractivity contribution in [1.29, 1.82) is 0 Å². The fraction of sp³-hybridized carbons (Fsp3) is 0.276. The minimum atomic E-state index is -0.314. The zero-order valence-corrected chi connectivity index (χ0v) is 20.3. The van der Waals surface area contributed by atoms with Gasteiger partial charge in [-0.25, -0.2) is 9.37 Å². The fourth-order valence-corrected chi connectivity index (χ4v) is 4.75. The predicted molar refractivity (Wildman–Crippen MR) is 139 cm³/mol. The van der Waals surface area contributed by atoms with Crippen LogP contribution in [-0.4, -0.2) is 28.5 Å². The van der Waals surface area contributed by atoms with Crippen LogP contribution in [0.4, 0.5) is 10.2 Å². The molecule has 6 nitrogen and oxygen atoms in total. The molecule has 0 atom stereocenters. The first-order valence-electron chi connectivity index (χ1n) is 12.3. The van der Waals surface area contributed by atoms with Gasteiger partial charge in [0.15, 0.2) is 5.82 Å². The summed E-state index contributed by atoms with van der Waals surface area (Å²) >= 11 is 0. The molecule has 1 aromatic heterocycles. The third-order valence-electron chi connectivity index (χ3n) is 6.82. The molecule has 1 aliphatic rings. The zero-order valence-electron chi connectivity index (χ0n) is 20.3. The summed E-state index contributed by atoms with van der Waals surface area (Å²) in [5, 5.41) is 2.92. The Bertz CT molecular complexity index is 1440. The highest BCUT2D eigenvalue weighted by Crippen LogP contribution is 2.23. The number of para-hydroxylation sites is 2. The van der Waals surface area contributed by atoms with Crippen molar-refractivity contribution in [3.05, 3.63) is 106 Å². The number of hydrogen-bond acceptors (Lipinski definition) is 4. The summed E-state index contributed by atoms with van der Waals surface area (Å²) in [7, 11) is 0. The van der Waals surface area contributed by atoms with Gasteiger partial charge in [-0.3, -0.25) is 14.2 Å². The van der Waals surface area contributed by atoms with E-state index in [9.17, 15) is 14.0 Å². The third kappa shape index (κ3) is 5.15. The smallest absolute Gasteiger partial charge is 0.294 e. The molecule has 0 radical (unpaired) electrons. The average Bonchev–Trinajstić information content (AvgIpc) is 2.90. The van der Waals surface area contributed by atoms with Crippen LogP contribution in [0.1, 0.15) is 29.5 Å². The number of carbonyl (C=O) groups is 1. The van der Waals surface area contributed by atoms with Gasteiger partial charge in [0.25, 0.3) is 5.56 Å². The van der Waals surface area contributed by atoms with Crippen LogP contribution >= 0.6 is 0 Å². The molecule has 1 saturated heterocycles. The molecule has 1 amide bonds. The van der Waals surface area contributed by atoms with Crippen LogP contribution in [0, 0.1) is 18.7 Å². The van der Waals surface area contributed by atoms with Crippen molar-refractivity contribution in [3.63, 3.8) is 0 Å². The normalized spacial score (nSPS) is 14.2. The summed E-state index contributed by atoms with van der Waals surface area (Å²) in [6.07, 6.45) is 1.25. The van der Waals surface area contributed by atoms with Crippen molar-refractivity contribution in [1.82, 2.24) is 14.9 Å². The molecule has 36 heavy (non-hydrogen) atoms. The van der Waals surface area contributed by atoms with Gasteiger partial charge < -0.3 is 10.2 Å². The molecule has 1 N–H and O–H groups in total. The van der Waals surface area contributed by atoms with Gasteiger partial charge in [-0.1, -0.05) is 54.1 Å². The number of nitrogens with one attached hydrogen (secondary N) is 1. The van der Waals surface area contributed by atoms with E-state index in [4.69, 9.17) is 4.98 Å². The quantitative estimate of drug-likeness (QED) is 0.440. The van der Waals surface area contributed by atoms with E-state index in [2.05, 4.69) is 17.4 Å². The monoisotopic (exact) mass is 484 g/mol. The molecule has 7 heteroatoms. The van der Waals surface area contributed by atoms with Crippen LogP contribution in [0.25, 0.3) is 11.0 Å². The lowest BCUT2D eigenvalue weighted by Gasteiger charge is -2.32. The minimum Gasteiger partial charge on any atom is -0.352 e. The van der Waals surface area contributed by atoms with E-state index in [1.807, 2.05) is 48.2 Å². The van der Waals surface area contributed by atoms with Gasteiger partial charge in [0, 0.05) is 25.6 Å². The molecule has 184 valence electrons. The lowest BCUT2D eigenvalue weighted by Crippen LogP contribution is -2.43. The molecule has 0 spiro atoms. The Morgan fingerprint density at radius 3 is 2.50 bits per heavy atom. The number of aryl methyl sites for hydroxylation is 1. The Morgan fingerprint density at radius 1 is 1.00 bits per heavy atom. The maximum absolute atomic E-state index is 13.6. The van der Waals surface area contributed by atoms with Crippen molar-refractivity contribution in [3.8, 4) is 0 Å². The van der Waals surface area contributed by atoms with Gasteiger partial charge in [0.05, 0.1) is 17.6 Å². The predicted octanol–water partition coefficient (Wildman–Crippen LogP) is 4.43. The van der Waals surface area contributed by atoms with E-state index in [0.717, 1.165) is 22.2 Å². The van der Waals surface area contributed by atoms with E-state index >= 15 is 0 Å². The van der Waals surface area contributed by atoms with Crippen LogP contribution in [0.15, 0.2) is 77.6 Å². The topological polar surface area (TPSA) is 67.2 Å². The Morgan fingerprint density at radius 2 is 1.75 bits per heavy atom. The first kappa shape index (κ1) is 23.7. The highest BCUT2D eigenvalue weighted by Gasteiger charge is 2.27. The summed E-state index contributed by atoms with van der Waals surface area (Å²) in [5.74, 6) is -0.0716. The molecule has 1 fully saturated rings. The largest absolute Gasteiger partial charge is 0.352 e. The van der Waals surface area contributed by atoms with Crippen LogP contribution < -0.4 is 15.8 Å². The maximum atomic E-state index is 13.6. The molecule has 1 aliphatic heterocycles. The second kappa shape index (κ2) is 10.3. The van der Waals surface area contributed by atoms with E-state index in [1.54, 1.807) is 16.7 Å². The van der Waals surface area contributed by atoms with Crippen LogP contribution in [0.5, 0.6) is 0 Å². The molecular weight excluding hydrogens is 455 g/mol. The summed E-state index contributed by atoms with van der Waals surface area (Å²) in [4.78, 5) is 33.0. The number of fused-ring (bicyclic) bond motifs is 1. The van der Waals surface area contributed by atoms with Gasteiger partial charge in [-0.05, 0) is 55.2 Å². The van der Waals surface area contributed by atoms with Crippen molar-refractivity contribution >= 4 is 22.8 Å². The molecule has 2 heterocycles. The van der Waals surface area contributed by atoms with Crippen molar-refractivity contribution in [2.24, 2.45) is 5.92 Å². The van der Waals surface area contributed by atoms with Crippen molar-refractivity contribution in [2.45, 2.75) is 32.9 Å². The van der Waals surface area contributed by atoms with Crippen LogP contribution in [0.3, 0.4) is 0 Å². The van der Waals surface area contributed by atoms with Gasteiger partial charge >= 0.3 is 0 Å². The second-order valence-electron chi connectivity index (χ2n) is 9.41. The number of benzene rings is 3. The molecule has 0 unspecified atom stereocenters. The lowest BCUT2D eigenvalue weighted by atomic mass is 9.96. The number of aromatic nitrogens is 2. The number of amides is 1. The summed E-state index contributed by atoms with van der Waals surface area (Å²) in [6.45, 7) is 3.95. The molecule has 3 aromatic carbocycles. The number of piperidine rings is 1. The Labute approximate surface area is 209 Å². The standard InChI is InChI=1S/C29H29FN4O2/c1-20-9-11-21(12-10-20)19-34-26-8-3-2-7-25(26)32-27(29(34)36)33-15-13-23(14-16-33)28(35)31-18-22-5-4-6-24(30)17-22/h2-12,17,23H,13-16,18-19H2,1H3,(H,31,35). The molecule has 0 saturated carbocycles. The van der Waals surface area contributed by atoms with Gasteiger partial charge in [-0.2, -0.15) is 0 Å². The first-order chi connectivity index (χ1) is 17.5. The summed E-state index contributed by atoms with van der Waals surface area (Å²) in [5.41, 5.74) is 4.42.